The van der Waals surface area contributed by atoms with Crippen LogP contribution in [0, 0.1) is 6.92 Å². The zero-order valence-electron chi connectivity index (χ0n) is 10.1. The number of nitrogens with zero attached hydrogens (tertiary/aromatic N) is 1. The van der Waals surface area contributed by atoms with E-state index in [1.807, 2.05) is 37.3 Å². The number of halogens is 1. The molecular weight excluding hydrogens is 292 g/mol. The van der Waals surface area contributed by atoms with Gasteiger partial charge in [-0.1, -0.05) is 6.07 Å². The summed E-state index contributed by atoms with van der Waals surface area (Å²) in [4.78, 5) is 3.93. The van der Waals surface area contributed by atoms with Crippen molar-refractivity contribution in [1.29, 1.82) is 0 Å². The van der Waals surface area contributed by atoms with Crippen LogP contribution in [0.5, 0.6) is 0 Å². The minimum Gasteiger partial charge on any atom is -0.387 e. The van der Waals surface area contributed by atoms with Crippen LogP contribution >= 0.6 is 15.9 Å². The Balaban J connectivity index is 1.99. The van der Waals surface area contributed by atoms with Crippen molar-refractivity contribution >= 4 is 21.6 Å². The molecule has 1 atom stereocenters. The van der Waals surface area contributed by atoms with Gasteiger partial charge in [0.2, 0.25) is 0 Å². The van der Waals surface area contributed by atoms with Gasteiger partial charge in [0.1, 0.15) is 0 Å². The summed E-state index contributed by atoms with van der Waals surface area (Å²) in [6.07, 6.45) is 2.82. The first-order valence-electron chi connectivity index (χ1n) is 5.75. The SMILES string of the molecule is Cc1ccc(NCC(O)c2ccncc2)c(Br)c1. The maximum absolute atomic E-state index is 10.0. The van der Waals surface area contributed by atoms with Crippen molar-refractivity contribution in [1.82, 2.24) is 4.98 Å². The van der Waals surface area contributed by atoms with Gasteiger partial charge >= 0.3 is 0 Å². The van der Waals surface area contributed by atoms with Crippen molar-refractivity contribution in [3.63, 3.8) is 0 Å². The van der Waals surface area contributed by atoms with Crippen LogP contribution in [-0.2, 0) is 0 Å². The summed E-state index contributed by atoms with van der Waals surface area (Å²) in [5, 5.41) is 13.2. The minimum absolute atomic E-state index is 0.464. The predicted molar refractivity (Wildman–Crippen MR) is 76.6 cm³/mol. The second-order valence-corrected chi connectivity index (χ2v) is 5.01. The molecule has 4 heteroatoms. The predicted octanol–water partition coefficient (Wildman–Crippen LogP) is 3.30. The number of aliphatic hydroxyl groups is 1. The zero-order valence-corrected chi connectivity index (χ0v) is 11.7. The Hall–Kier alpha value is -1.39. The van der Waals surface area contributed by atoms with E-state index in [2.05, 4.69) is 26.2 Å². The van der Waals surface area contributed by atoms with Crippen molar-refractivity contribution in [2.45, 2.75) is 13.0 Å². The Kier molecular flexibility index (Phi) is 4.33. The van der Waals surface area contributed by atoms with Gasteiger partial charge in [0, 0.05) is 29.1 Å². The topological polar surface area (TPSA) is 45.1 Å². The molecule has 0 aliphatic carbocycles. The van der Waals surface area contributed by atoms with E-state index in [1.165, 1.54) is 5.56 Å². The molecule has 0 fully saturated rings. The number of hydrogen-bond donors (Lipinski definition) is 2. The second kappa shape index (κ2) is 5.98. The lowest BCUT2D eigenvalue weighted by molar-refractivity contribution is 0.191. The molecule has 0 spiro atoms. The molecule has 0 aliphatic heterocycles. The molecule has 1 aromatic heterocycles. The smallest absolute Gasteiger partial charge is 0.0963 e. The third-order valence-corrected chi connectivity index (χ3v) is 3.36. The monoisotopic (exact) mass is 306 g/mol. The van der Waals surface area contributed by atoms with Crippen LogP contribution < -0.4 is 5.32 Å². The first kappa shape index (κ1) is 13.1. The van der Waals surface area contributed by atoms with Crippen LogP contribution in [0.1, 0.15) is 17.2 Å². The van der Waals surface area contributed by atoms with Gasteiger partial charge in [-0.25, -0.2) is 0 Å². The highest BCUT2D eigenvalue weighted by molar-refractivity contribution is 9.10. The van der Waals surface area contributed by atoms with Crippen molar-refractivity contribution < 1.29 is 5.11 Å². The normalized spacial score (nSPS) is 12.2. The summed E-state index contributed by atoms with van der Waals surface area (Å²) in [7, 11) is 0. The Morgan fingerprint density at radius 3 is 2.67 bits per heavy atom. The minimum atomic E-state index is -0.541. The highest BCUT2D eigenvalue weighted by Gasteiger charge is 2.07. The average Bonchev–Trinajstić information content (AvgIpc) is 2.38. The van der Waals surface area contributed by atoms with E-state index in [-0.39, 0.29) is 0 Å². The van der Waals surface area contributed by atoms with E-state index in [0.717, 1.165) is 15.7 Å². The van der Waals surface area contributed by atoms with Crippen molar-refractivity contribution in [3.05, 3.63) is 58.3 Å². The third kappa shape index (κ3) is 3.31. The van der Waals surface area contributed by atoms with E-state index < -0.39 is 6.10 Å². The number of aliphatic hydroxyl groups excluding tert-OH is 1. The summed E-state index contributed by atoms with van der Waals surface area (Å²) in [6, 6.07) is 9.71. The summed E-state index contributed by atoms with van der Waals surface area (Å²) >= 11 is 3.50. The molecular formula is C14H15BrN2O. The number of hydrogen-bond acceptors (Lipinski definition) is 3. The Bertz CT molecular complexity index is 516. The van der Waals surface area contributed by atoms with E-state index in [1.54, 1.807) is 12.4 Å². The van der Waals surface area contributed by atoms with E-state index >= 15 is 0 Å². The van der Waals surface area contributed by atoms with Crippen LogP contribution in [0.15, 0.2) is 47.2 Å². The van der Waals surface area contributed by atoms with Crippen LogP contribution in [0.3, 0.4) is 0 Å². The molecule has 0 amide bonds. The van der Waals surface area contributed by atoms with Crippen LogP contribution in [-0.4, -0.2) is 16.6 Å². The van der Waals surface area contributed by atoms with Crippen LogP contribution in [0.25, 0.3) is 0 Å². The summed E-state index contributed by atoms with van der Waals surface area (Å²) < 4.78 is 1.00. The lowest BCUT2D eigenvalue weighted by atomic mass is 10.1. The van der Waals surface area contributed by atoms with Crippen molar-refractivity contribution in [2.24, 2.45) is 0 Å². The largest absolute Gasteiger partial charge is 0.387 e. The maximum Gasteiger partial charge on any atom is 0.0963 e. The first-order chi connectivity index (χ1) is 8.66. The van der Waals surface area contributed by atoms with Gasteiger partial charge in [-0.3, -0.25) is 4.98 Å². The number of pyridine rings is 1. The van der Waals surface area contributed by atoms with E-state index in [9.17, 15) is 5.11 Å². The van der Waals surface area contributed by atoms with E-state index in [0.29, 0.717) is 6.54 Å². The third-order valence-electron chi connectivity index (χ3n) is 2.70. The lowest BCUT2D eigenvalue weighted by Gasteiger charge is -2.14. The molecule has 0 bridgehead atoms. The highest BCUT2D eigenvalue weighted by Crippen LogP contribution is 2.24. The molecule has 3 nitrogen and oxygen atoms in total. The fraction of sp³-hybridized carbons (Fsp3) is 0.214. The summed E-state index contributed by atoms with van der Waals surface area (Å²) in [5.74, 6) is 0. The van der Waals surface area contributed by atoms with Gasteiger partial charge < -0.3 is 10.4 Å². The Labute approximate surface area is 115 Å². The first-order valence-corrected chi connectivity index (χ1v) is 6.54. The maximum atomic E-state index is 10.0. The molecule has 2 aromatic rings. The number of benzene rings is 1. The Morgan fingerprint density at radius 2 is 2.00 bits per heavy atom. The van der Waals surface area contributed by atoms with Gasteiger partial charge in [-0.05, 0) is 58.2 Å². The average molecular weight is 307 g/mol. The van der Waals surface area contributed by atoms with Crippen molar-refractivity contribution in [3.8, 4) is 0 Å². The number of rotatable bonds is 4. The molecule has 1 unspecified atom stereocenters. The summed E-state index contributed by atoms with van der Waals surface area (Å²) in [5.41, 5.74) is 3.04. The van der Waals surface area contributed by atoms with Crippen LogP contribution in [0.4, 0.5) is 5.69 Å². The van der Waals surface area contributed by atoms with E-state index in [4.69, 9.17) is 0 Å². The molecule has 18 heavy (non-hydrogen) atoms. The molecule has 94 valence electrons. The van der Waals surface area contributed by atoms with Gasteiger partial charge in [0.25, 0.3) is 0 Å². The molecule has 1 heterocycles. The standard InChI is InChI=1S/C14H15BrN2O/c1-10-2-3-13(12(15)8-10)17-9-14(18)11-4-6-16-7-5-11/h2-8,14,17-18H,9H2,1H3. The second-order valence-electron chi connectivity index (χ2n) is 4.16. The highest BCUT2D eigenvalue weighted by atomic mass is 79.9. The Morgan fingerprint density at radius 1 is 1.28 bits per heavy atom. The fourth-order valence-corrected chi connectivity index (χ4v) is 2.31. The molecule has 0 aliphatic rings. The molecule has 0 saturated carbocycles. The van der Waals surface area contributed by atoms with Gasteiger partial charge in [-0.15, -0.1) is 0 Å². The number of aromatic nitrogens is 1. The van der Waals surface area contributed by atoms with Gasteiger partial charge in [0.15, 0.2) is 0 Å². The zero-order chi connectivity index (χ0) is 13.0. The van der Waals surface area contributed by atoms with Crippen molar-refractivity contribution in [2.75, 3.05) is 11.9 Å². The van der Waals surface area contributed by atoms with Gasteiger partial charge in [0.05, 0.1) is 6.10 Å². The quantitative estimate of drug-likeness (QED) is 0.911. The number of nitrogens with one attached hydrogen (secondary N) is 1. The molecule has 2 rings (SSSR count). The summed E-state index contributed by atoms with van der Waals surface area (Å²) in [6.45, 7) is 2.51. The molecule has 0 saturated heterocycles. The fourth-order valence-electron chi connectivity index (χ4n) is 1.67. The molecule has 1 aromatic carbocycles. The van der Waals surface area contributed by atoms with Crippen LogP contribution in [0.2, 0.25) is 0 Å². The number of anilines is 1. The molecule has 2 N–H and O–H groups in total. The lowest BCUT2D eigenvalue weighted by Crippen LogP contribution is -2.12. The molecule has 0 radical (unpaired) electrons. The van der Waals surface area contributed by atoms with Gasteiger partial charge in [-0.2, -0.15) is 0 Å². The number of aryl methyl sites for hydroxylation is 1.